The molecule has 4 rings (SSSR count). The van der Waals surface area contributed by atoms with Crippen molar-refractivity contribution in [3.05, 3.63) is 45.8 Å². The molecule has 9 heteroatoms. The lowest BCUT2D eigenvalue weighted by molar-refractivity contribution is -0.131. The van der Waals surface area contributed by atoms with Crippen LogP contribution in [0.4, 0.5) is 4.39 Å². The van der Waals surface area contributed by atoms with Crippen LogP contribution in [0.25, 0.3) is 21.3 Å². The Kier molecular flexibility index (Phi) is 6.12. The molecule has 1 aliphatic rings. The van der Waals surface area contributed by atoms with E-state index in [1.165, 1.54) is 23.5 Å². The average Bonchev–Trinajstić information content (AvgIpc) is 3.22. The van der Waals surface area contributed by atoms with E-state index in [0.717, 1.165) is 36.6 Å². The van der Waals surface area contributed by atoms with Gasteiger partial charge in [0, 0.05) is 18.0 Å². The highest BCUT2D eigenvalue weighted by molar-refractivity contribution is 7.99. The zero-order valence-electron chi connectivity index (χ0n) is 17.0. The molecule has 0 aliphatic heterocycles. The summed E-state index contributed by atoms with van der Waals surface area (Å²) in [6, 6.07) is 8.32. The van der Waals surface area contributed by atoms with Gasteiger partial charge in [0.25, 0.3) is 5.56 Å². The molecule has 160 valence electrons. The molecule has 1 fully saturated rings. The molecule has 1 N–H and O–H groups in total. The van der Waals surface area contributed by atoms with Crippen molar-refractivity contribution in [3.8, 4) is 17.2 Å². The Morgan fingerprint density at radius 1 is 1.32 bits per heavy atom. The smallest absolute Gasteiger partial charge is 0.260 e. The largest absolute Gasteiger partial charge is 0.326 e. The van der Waals surface area contributed by atoms with Gasteiger partial charge in [-0.25, -0.2) is 9.37 Å². The number of rotatable bonds is 5. The number of amides is 1. The number of halogens is 1. The molecule has 0 unspecified atom stereocenters. The number of thiophene rings is 1. The minimum Gasteiger partial charge on any atom is -0.326 e. The fourth-order valence-electron chi connectivity index (χ4n) is 3.96. The molecular formula is C22H21FN4O2S2. The molecule has 0 atom stereocenters. The lowest BCUT2D eigenvalue weighted by atomic mass is 9.81. The molecule has 6 nitrogen and oxygen atoms in total. The highest BCUT2D eigenvalue weighted by atomic mass is 32.2. The molecule has 0 bridgehead atoms. The topological polar surface area (TPSA) is 89.8 Å². The fraction of sp³-hybridized carbons (Fsp3) is 0.364. The van der Waals surface area contributed by atoms with E-state index < -0.39 is 5.54 Å². The summed E-state index contributed by atoms with van der Waals surface area (Å²) in [6.45, 7) is 0. The summed E-state index contributed by atoms with van der Waals surface area (Å²) in [5, 5.41) is 12.3. The summed E-state index contributed by atoms with van der Waals surface area (Å²) < 4.78 is 13.2. The van der Waals surface area contributed by atoms with Crippen LogP contribution < -0.4 is 5.56 Å². The van der Waals surface area contributed by atoms with Crippen LogP contribution in [0.5, 0.6) is 0 Å². The summed E-state index contributed by atoms with van der Waals surface area (Å²) in [6.07, 6.45) is 4.36. The predicted octanol–water partition coefficient (Wildman–Crippen LogP) is 4.57. The molecule has 2 aromatic heterocycles. The van der Waals surface area contributed by atoms with E-state index in [1.807, 2.05) is 5.38 Å². The van der Waals surface area contributed by atoms with Gasteiger partial charge in [0.1, 0.15) is 16.2 Å². The number of hydrogen-bond donors (Lipinski definition) is 1. The Hall–Kier alpha value is -2.70. The number of nitriles is 1. The minimum atomic E-state index is -0.738. The monoisotopic (exact) mass is 456 g/mol. The van der Waals surface area contributed by atoms with E-state index in [9.17, 15) is 19.2 Å². The van der Waals surface area contributed by atoms with Crippen LogP contribution in [0.1, 0.15) is 32.1 Å². The van der Waals surface area contributed by atoms with Crippen molar-refractivity contribution in [1.29, 1.82) is 5.26 Å². The number of aromatic nitrogens is 2. The van der Waals surface area contributed by atoms with E-state index in [4.69, 9.17) is 0 Å². The third kappa shape index (κ3) is 4.23. The van der Waals surface area contributed by atoms with Gasteiger partial charge < -0.3 is 9.88 Å². The zero-order valence-corrected chi connectivity index (χ0v) is 18.6. The molecule has 1 aromatic carbocycles. The van der Waals surface area contributed by atoms with E-state index in [-0.39, 0.29) is 23.0 Å². The van der Waals surface area contributed by atoms with Crippen molar-refractivity contribution in [3.63, 3.8) is 0 Å². The third-order valence-corrected chi connectivity index (χ3v) is 7.55. The molecule has 1 amide bonds. The van der Waals surface area contributed by atoms with Crippen molar-refractivity contribution in [2.75, 3.05) is 12.8 Å². The predicted molar refractivity (Wildman–Crippen MR) is 121 cm³/mol. The van der Waals surface area contributed by atoms with Crippen LogP contribution in [0.15, 0.2) is 39.6 Å². The van der Waals surface area contributed by atoms with Crippen LogP contribution in [0.2, 0.25) is 0 Å². The first-order valence-electron chi connectivity index (χ1n) is 10.0. The molecular weight excluding hydrogens is 435 g/mol. The van der Waals surface area contributed by atoms with Crippen molar-refractivity contribution >= 4 is 39.2 Å². The van der Waals surface area contributed by atoms with Crippen molar-refractivity contribution in [1.82, 2.24) is 14.9 Å². The number of nitrogens with one attached hydrogen (secondary N) is 1. The summed E-state index contributed by atoms with van der Waals surface area (Å²) >= 11 is 2.49. The van der Waals surface area contributed by atoms with Gasteiger partial charge >= 0.3 is 0 Å². The average molecular weight is 457 g/mol. The van der Waals surface area contributed by atoms with Gasteiger partial charge in [-0.05, 0) is 30.5 Å². The second-order valence-corrected chi connectivity index (χ2v) is 9.48. The molecule has 3 aromatic rings. The zero-order chi connectivity index (χ0) is 22.0. The number of carbonyl (C=O) groups excluding carboxylic acids is 1. The maximum absolute atomic E-state index is 13.2. The molecule has 2 heterocycles. The van der Waals surface area contributed by atoms with E-state index >= 15 is 0 Å². The fourth-order valence-corrected chi connectivity index (χ4v) is 5.74. The van der Waals surface area contributed by atoms with Gasteiger partial charge in [-0.1, -0.05) is 43.2 Å². The Bertz CT molecular complexity index is 1210. The first-order valence-corrected chi connectivity index (χ1v) is 11.9. The van der Waals surface area contributed by atoms with Gasteiger partial charge in [-0.3, -0.25) is 9.59 Å². The van der Waals surface area contributed by atoms with Gasteiger partial charge in [0.05, 0.1) is 17.2 Å². The second-order valence-electron chi connectivity index (χ2n) is 7.65. The number of hydrogen-bond acceptors (Lipinski definition) is 6. The summed E-state index contributed by atoms with van der Waals surface area (Å²) in [7, 11) is 1.69. The summed E-state index contributed by atoms with van der Waals surface area (Å²) in [5.74, 6) is -0.408. The van der Waals surface area contributed by atoms with Gasteiger partial charge in [-0.2, -0.15) is 5.26 Å². The Labute approximate surface area is 187 Å². The van der Waals surface area contributed by atoms with Crippen molar-refractivity contribution in [2.45, 2.75) is 42.8 Å². The molecule has 0 saturated heterocycles. The van der Waals surface area contributed by atoms with E-state index in [2.05, 4.69) is 16.0 Å². The van der Waals surface area contributed by atoms with Gasteiger partial charge in [0.2, 0.25) is 5.91 Å². The Morgan fingerprint density at radius 2 is 2.03 bits per heavy atom. The minimum absolute atomic E-state index is 0.0879. The normalized spacial score (nSPS) is 15.5. The van der Waals surface area contributed by atoms with Crippen LogP contribution in [0.3, 0.4) is 0 Å². The van der Waals surface area contributed by atoms with Crippen molar-refractivity contribution in [2.24, 2.45) is 0 Å². The quantitative estimate of drug-likeness (QED) is 0.449. The number of thioether (sulfide) groups is 1. The molecule has 0 spiro atoms. The number of nitrogens with zero attached hydrogens (tertiary/aromatic N) is 3. The molecule has 0 radical (unpaired) electrons. The Morgan fingerprint density at radius 3 is 2.71 bits per heavy atom. The highest BCUT2D eigenvalue weighted by Gasteiger charge is 2.38. The third-order valence-electron chi connectivity index (χ3n) is 5.81. The first-order chi connectivity index (χ1) is 14.9. The molecule has 31 heavy (non-hydrogen) atoms. The maximum atomic E-state index is 13.2. The number of benzene rings is 1. The van der Waals surface area contributed by atoms with Crippen LogP contribution in [0, 0.1) is 17.1 Å². The SMILES string of the molecule is CN(C(=O)CSc1nc2scc(-c3ccc(F)cc3)c2c(=O)[nH]1)C1(C#N)CCCCC1. The van der Waals surface area contributed by atoms with Crippen molar-refractivity contribution < 1.29 is 9.18 Å². The lowest BCUT2D eigenvalue weighted by Gasteiger charge is -2.39. The number of carbonyl (C=O) groups is 1. The molecule has 1 aliphatic carbocycles. The number of aromatic amines is 1. The number of fused-ring (bicyclic) bond motifs is 1. The molecule has 1 saturated carbocycles. The number of H-pyrrole nitrogens is 1. The van der Waals surface area contributed by atoms with Crippen LogP contribution >= 0.6 is 23.1 Å². The Balaban J connectivity index is 1.52. The lowest BCUT2D eigenvalue weighted by Crippen LogP contribution is -2.50. The standard InChI is InChI=1S/C22H21FN4O2S2/c1-27(22(13-24)9-3-2-4-10-22)17(28)12-31-21-25-19(29)18-16(11-30-20(18)26-21)14-5-7-15(23)8-6-14/h5-8,11H,2-4,9-10,12H2,1H3,(H,25,26,29). The van der Waals surface area contributed by atoms with Gasteiger partial charge in [-0.15, -0.1) is 11.3 Å². The van der Waals surface area contributed by atoms with E-state index in [0.29, 0.717) is 33.8 Å². The second kappa shape index (κ2) is 8.81. The highest BCUT2D eigenvalue weighted by Crippen LogP contribution is 2.34. The maximum Gasteiger partial charge on any atom is 0.260 e. The summed E-state index contributed by atoms with van der Waals surface area (Å²) in [5.41, 5.74) is 0.411. The van der Waals surface area contributed by atoms with Gasteiger partial charge in [0.15, 0.2) is 5.16 Å². The van der Waals surface area contributed by atoms with Crippen LogP contribution in [-0.4, -0.2) is 39.1 Å². The van der Waals surface area contributed by atoms with E-state index in [1.54, 1.807) is 24.1 Å². The summed E-state index contributed by atoms with van der Waals surface area (Å²) in [4.78, 5) is 34.9. The van der Waals surface area contributed by atoms with Crippen LogP contribution in [-0.2, 0) is 4.79 Å². The first kappa shape index (κ1) is 21.5.